The molecule has 0 aromatic carbocycles. The molecule has 27 heavy (non-hydrogen) atoms. The Hall–Kier alpha value is -1.29. The highest BCUT2D eigenvalue weighted by molar-refractivity contribution is 7.88. The number of aromatic nitrogens is 2. The lowest BCUT2D eigenvalue weighted by Crippen LogP contribution is -2.57. The summed E-state index contributed by atoms with van der Waals surface area (Å²) in [6.07, 6.45) is 6.16. The van der Waals surface area contributed by atoms with Gasteiger partial charge in [0.1, 0.15) is 12.1 Å². The van der Waals surface area contributed by atoms with Gasteiger partial charge in [-0.2, -0.15) is 4.31 Å². The van der Waals surface area contributed by atoms with Crippen molar-refractivity contribution in [1.82, 2.24) is 19.2 Å². The molecule has 0 amide bonds. The number of sulfonamides is 1. The topological polar surface area (TPSA) is 89.9 Å². The van der Waals surface area contributed by atoms with E-state index in [2.05, 4.69) is 26.8 Å². The van der Waals surface area contributed by atoms with Gasteiger partial charge in [0.25, 0.3) is 0 Å². The molecule has 1 aromatic heterocycles. The smallest absolute Gasteiger partial charge is 0.211 e. The van der Waals surface area contributed by atoms with Crippen LogP contribution in [0.3, 0.4) is 0 Å². The third-order valence-electron chi connectivity index (χ3n) is 5.76. The number of hydrogen-bond acceptors (Lipinski definition) is 7. The fourth-order valence-electron chi connectivity index (χ4n) is 4.18. The van der Waals surface area contributed by atoms with Gasteiger partial charge in [-0.3, -0.25) is 0 Å². The van der Waals surface area contributed by atoms with Crippen molar-refractivity contribution in [2.24, 2.45) is 0 Å². The summed E-state index contributed by atoms with van der Waals surface area (Å²) >= 11 is 0. The Balaban J connectivity index is 1.55. The lowest BCUT2D eigenvalue weighted by molar-refractivity contribution is -0.0386. The molecule has 1 N–H and O–H groups in total. The number of rotatable bonds is 5. The van der Waals surface area contributed by atoms with Gasteiger partial charge < -0.3 is 14.9 Å². The lowest BCUT2D eigenvalue weighted by atomic mass is 9.92. The number of nitrogens with zero attached hydrogens (tertiary/aromatic N) is 5. The summed E-state index contributed by atoms with van der Waals surface area (Å²) in [4.78, 5) is 13.0. The predicted molar refractivity (Wildman–Crippen MR) is 105 cm³/mol. The van der Waals surface area contributed by atoms with Gasteiger partial charge in [0.05, 0.1) is 11.9 Å². The van der Waals surface area contributed by atoms with Crippen LogP contribution in [0.25, 0.3) is 0 Å². The van der Waals surface area contributed by atoms with Gasteiger partial charge in [-0.25, -0.2) is 18.4 Å². The molecule has 0 bridgehead atoms. The van der Waals surface area contributed by atoms with Crippen molar-refractivity contribution in [3.8, 4) is 0 Å². The summed E-state index contributed by atoms with van der Waals surface area (Å²) in [5.74, 6) is 0.940. The van der Waals surface area contributed by atoms with E-state index in [4.69, 9.17) is 0 Å². The van der Waals surface area contributed by atoms with Crippen molar-refractivity contribution in [3.63, 3.8) is 0 Å². The third-order valence-corrected chi connectivity index (χ3v) is 7.01. The molecular weight excluding hydrogens is 366 g/mol. The maximum Gasteiger partial charge on any atom is 0.211 e. The van der Waals surface area contributed by atoms with Crippen molar-refractivity contribution < 1.29 is 13.5 Å². The van der Waals surface area contributed by atoms with E-state index < -0.39 is 15.6 Å². The van der Waals surface area contributed by atoms with E-state index >= 15 is 0 Å². The first-order valence-electron chi connectivity index (χ1n) is 9.58. The monoisotopic (exact) mass is 397 g/mol. The molecule has 3 rings (SSSR count). The minimum Gasteiger partial charge on any atom is -0.387 e. The second-order valence-corrected chi connectivity index (χ2v) is 10.0. The molecule has 2 saturated heterocycles. The largest absolute Gasteiger partial charge is 0.387 e. The Morgan fingerprint density at radius 2 is 2.00 bits per heavy atom. The summed E-state index contributed by atoms with van der Waals surface area (Å²) in [5.41, 5.74) is 0.00310. The molecule has 2 fully saturated rings. The quantitative estimate of drug-likeness (QED) is 0.772. The minimum absolute atomic E-state index is 0.200. The van der Waals surface area contributed by atoms with Crippen LogP contribution < -0.4 is 4.90 Å². The maximum atomic E-state index is 11.8. The molecule has 8 nitrogen and oxygen atoms in total. The highest BCUT2D eigenvalue weighted by atomic mass is 32.2. The molecule has 3 heterocycles. The van der Waals surface area contributed by atoms with Crippen LogP contribution in [0.5, 0.6) is 0 Å². The first-order chi connectivity index (χ1) is 12.7. The minimum atomic E-state index is -3.26. The Bertz CT molecular complexity index is 751. The van der Waals surface area contributed by atoms with Crippen molar-refractivity contribution >= 4 is 15.8 Å². The Labute approximate surface area is 162 Å². The Morgan fingerprint density at radius 3 is 2.63 bits per heavy atom. The van der Waals surface area contributed by atoms with Crippen molar-refractivity contribution in [1.29, 1.82) is 0 Å². The van der Waals surface area contributed by atoms with E-state index in [9.17, 15) is 13.5 Å². The first-order valence-corrected chi connectivity index (χ1v) is 11.4. The van der Waals surface area contributed by atoms with E-state index in [0.29, 0.717) is 32.0 Å². The highest BCUT2D eigenvalue weighted by Crippen LogP contribution is 2.27. The van der Waals surface area contributed by atoms with Crippen LogP contribution in [0.15, 0.2) is 12.4 Å². The third kappa shape index (κ3) is 5.16. The van der Waals surface area contributed by atoms with Crippen LogP contribution in [0.2, 0.25) is 0 Å². The average molecular weight is 398 g/mol. The van der Waals surface area contributed by atoms with E-state index in [1.165, 1.54) is 10.6 Å². The molecule has 152 valence electrons. The molecule has 1 atom stereocenters. The molecule has 0 spiro atoms. The van der Waals surface area contributed by atoms with Crippen LogP contribution in [0, 0.1) is 6.92 Å². The van der Waals surface area contributed by atoms with Gasteiger partial charge in [-0.15, -0.1) is 0 Å². The fraction of sp³-hybridized carbons (Fsp3) is 0.778. The zero-order valence-electron chi connectivity index (χ0n) is 16.5. The summed E-state index contributed by atoms with van der Waals surface area (Å²) in [6.45, 7) is 4.98. The van der Waals surface area contributed by atoms with E-state index in [1.54, 1.807) is 6.33 Å². The second kappa shape index (κ2) is 7.98. The summed E-state index contributed by atoms with van der Waals surface area (Å²) in [5, 5.41) is 11.0. The van der Waals surface area contributed by atoms with Crippen LogP contribution in [0.1, 0.15) is 31.4 Å². The summed E-state index contributed by atoms with van der Waals surface area (Å²) in [6, 6.07) is 2.40. The van der Waals surface area contributed by atoms with Gasteiger partial charge in [0, 0.05) is 57.6 Å². The number of likely N-dealkylation sites (tertiary alicyclic amines) is 1. The van der Waals surface area contributed by atoms with Crippen molar-refractivity contribution in [3.05, 3.63) is 18.1 Å². The van der Waals surface area contributed by atoms with Gasteiger partial charge in [-0.1, -0.05) is 0 Å². The molecule has 0 aliphatic carbocycles. The average Bonchev–Trinajstić information content (AvgIpc) is 2.61. The SMILES string of the molecule is Cc1cc(N(C)C2CCN(CC3(O)CCCN(S(C)(=O)=O)C3)CC2)ncn1. The van der Waals surface area contributed by atoms with Crippen LogP contribution in [-0.2, 0) is 10.0 Å². The van der Waals surface area contributed by atoms with Crippen LogP contribution >= 0.6 is 0 Å². The van der Waals surface area contributed by atoms with E-state index in [1.807, 2.05) is 13.0 Å². The molecular formula is C18H31N5O3S. The predicted octanol–water partition coefficient (Wildman–Crippen LogP) is 0.472. The number of aliphatic hydroxyl groups is 1. The molecule has 2 aliphatic rings. The van der Waals surface area contributed by atoms with Gasteiger partial charge in [-0.05, 0) is 32.6 Å². The number of anilines is 1. The molecule has 1 aromatic rings. The molecule has 1 unspecified atom stereocenters. The molecule has 0 radical (unpaired) electrons. The fourth-order valence-corrected chi connectivity index (χ4v) is 5.12. The molecule has 0 saturated carbocycles. The van der Waals surface area contributed by atoms with Crippen LogP contribution in [0.4, 0.5) is 5.82 Å². The Kier molecular flexibility index (Phi) is 6.05. The second-order valence-electron chi connectivity index (χ2n) is 8.06. The van der Waals surface area contributed by atoms with Gasteiger partial charge in [0.15, 0.2) is 0 Å². The molecule has 9 heteroatoms. The summed E-state index contributed by atoms with van der Waals surface area (Å²) in [7, 11) is -1.19. The van der Waals surface area contributed by atoms with E-state index in [-0.39, 0.29) is 6.54 Å². The zero-order valence-corrected chi connectivity index (χ0v) is 17.3. The summed E-state index contributed by atoms with van der Waals surface area (Å²) < 4.78 is 25.1. The van der Waals surface area contributed by atoms with Crippen molar-refractivity contribution in [2.45, 2.75) is 44.2 Å². The standard InChI is InChI=1S/C18H31N5O3S/c1-15-11-17(20-14-19-15)21(2)16-5-9-22(10-6-16)12-18(24)7-4-8-23(13-18)27(3,25)26/h11,14,16,24H,4-10,12-13H2,1-3H3. The van der Waals surface area contributed by atoms with Gasteiger partial charge >= 0.3 is 0 Å². The normalized spacial score (nSPS) is 26.2. The first kappa shape index (κ1) is 20.4. The van der Waals surface area contributed by atoms with Crippen molar-refractivity contribution in [2.75, 3.05) is 50.9 Å². The molecule has 2 aliphatic heterocycles. The van der Waals surface area contributed by atoms with E-state index in [0.717, 1.165) is 37.4 Å². The van der Waals surface area contributed by atoms with Crippen LogP contribution in [-0.4, -0.2) is 90.4 Å². The number of β-amino-alcohol motifs (C(OH)–C–C–N with tert-alkyl or cyclic N) is 1. The zero-order chi connectivity index (χ0) is 19.7. The maximum absolute atomic E-state index is 11.8. The highest BCUT2D eigenvalue weighted by Gasteiger charge is 2.38. The van der Waals surface area contributed by atoms with Gasteiger partial charge in [0.2, 0.25) is 10.0 Å². The number of piperidine rings is 2. The lowest BCUT2D eigenvalue weighted by Gasteiger charge is -2.43. The number of aryl methyl sites for hydroxylation is 1. The number of hydrogen-bond donors (Lipinski definition) is 1. The Morgan fingerprint density at radius 1 is 1.30 bits per heavy atom.